The Morgan fingerprint density at radius 3 is 2.74 bits per heavy atom. The van der Waals surface area contributed by atoms with Crippen molar-refractivity contribution in [1.82, 2.24) is 14.9 Å². The summed E-state index contributed by atoms with van der Waals surface area (Å²) in [5.41, 5.74) is 3.36. The van der Waals surface area contributed by atoms with Crippen LogP contribution in [0.3, 0.4) is 0 Å². The molecule has 1 aliphatic rings. The van der Waals surface area contributed by atoms with Crippen LogP contribution in [-0.2, 0) is 4.74 Å². The molecule has 0 spiro atoms. The molecule has 0 aliphatic carbocycles. The third kappa shape index (κ3) is 4.22. The maximum absolute atomic E-state index is 12.1. The molecule has 2 atom stereocenters. The van der Waals surface area contributed by atoms with Gasteiger partial charge in [-0.2, -0.15) is 0 Å². The number of rotatable bonds is 5. The highest BCUT2D eigenvalue weighted by molar-refractivity contribution is 7.80. The average Bonchev–Trinajstić information content (AvgIpc) is 3.50. The number of pyridine rings is 1. The Morgan fingerprint density at radius 2 is 1.97 bits per heavy atom. The van der Waals surface area contributed by atoms with Crippen molar-refractivity contribution in [2.75, 3.05) is 12.0 Å². The molecule has 0 saturated carbocycles. The SMILES string of the molecule is COC(=O)c1cccc(-n2cccc2[C@@H]2[C@@H](c3ccccn3)NC(=S)N2c2cc(Cl)ccc2O)c1. The monoisotopic (exact) mass is 504 g/mol. The molecule has 3 heterocycles. The fourth-order valence-electron chi connectivity index (χ4n) is 4.38. The summed E-state index contributed by atoms with van der Waals surface area (Å²) in [5.74, 6) is -0.364. The van der Waals surface area contributed by atoms with E-state index in [-0.39, 0.29) is 11.8 Å². The smallest absolute Gasteiger partial charge is 0.337 e. The van der Waals surface area contributed by atoms with Crippen LogP contribution in [-0.4, -0.2) is 32.8 Å². The molecule has 1 aliphatic heterocycles. The number of hydrogen-bond donors (Lipinski definition) is 2. The predicted octanol–water partition coefficient (Wildman–Crippen LogP) is 5.20. The molecule has 0 bridgehead atoms. The van der Waals surface area contributed by atoms with E-state index in [1.54, 1.807) is 42.6 Å². The number of thiocarbonyl (C=S) groups is 1. The molecule has 4 aromatic rings. The minimum Gasteiger partial charge on any atom is -0.506 e. The molecule has 0 radical (unpaired) electrons. The summed E-state index contributed by atoms with van der Waals surface area (Å²) in [6, 6.07) is 20.9. The van der Waals surface area contributed by atoms with Crippen molar-refractivity contribution in [3.8, 4) is 11.4 Å². The molecular formula is C26H21ClN4O3S. The number of nitrogens with zero attached hydrogens (tertiary/aromatic N) is 3. The summed E-state index contributed by atoms with van der Waals surface area (Å²) in [5, 5.41) is 15.0. The quantitative estimate of drug-likeness (QED) is 0.286. The van der Waals surface area contributed by atoms with Crippen LogP contribution in [0.1, 0.15) is 33.8 Å². The van der Waals surface area contributed by atoms with Gasteiger partial charge in [-0.05, 0) is 72.9 Å². The van der Waals surface area contributed by atoms with E-state index < -0.39 is 12.0 Å². The number of esters is 1. The summed E-state index contributed by atoms with van der Waals surface area (Å²) >= 11 is 12.0. The molecular weight excluding hydrogens is 484 g/mol. The Bertz CT molecular complexity index is 1410. The summed E-state index contributed by atoms with van der Waals surface area (Å²) in [6.45, 7) is 0. The third-order valence-corrected chi connectivity index (χ3v) is 6.47. The first-order valence-corrected chi connectivity index (χ1v) is 11.6. The highest BCUT2D eigenvalue weighted by Crippen LogP contribution is 2.45. The Balaban J connectivity index is 1.68. The van der Waals surface area contributed by atoms with Crippen LogP contribution in [0.4, 0.5) is 5.69 Å². The Morgan fingerprint density at radius 1 is 1.11 bits per heavy atom. The van der Waals surface area contributed by atoms with E-state index in [4.69, 9.17) is 28.6 Å². The minimum absolute atomic E-state index is 0.0519. The van der Waals surface area contributed by atoms with Crippen LogP contribution < -0.4 is 10.2 Å². The number of aromatic nitrogens is 2. The van der Waals surface area contributed by atoms with Gasteiger partial charge in [-0.3, -0.25) is 4.98 Å². The molecule has 7 nitrogen and oxygen atoms in total. The first-order chi connectivity index (χ1) is 17.0. The van der Waals surface area contributed by atoms with Crippen LogP contribution >= 0.6 is 23.8 Å². The topological polar surface area (TPSA) is 79.6 Å². The molecule has 9 heteroatoms. The first-order valence-electron chi connectivity index (χ1n) is 10.8. The average molecular weight is 505 g/mol. The zero-order valence-corrected chi connectivity index (χ0v) is 20.2. The fraction of sp³-hybridized carbons (Fsp3) is 0.115. The van der Waals surface area contributed by atoms with Gasteiger partial charge in [0, 0.05) is 28.8 Å². The number of aromatic hydroxyl groups is 1. The number of phenols is 1. The lowest BCUT2D eigenvalue weighted by Crippen LogP contribution is -2.30. The van der Waals surface area contributed by atoms with Crippen molar-refractivity contribution in [1.29, 1.82) is 0 Å². The van der Waals surface area contributed by atoms with Crippen LogP contribution in [0, 0.1) is 0 Å². The second-order valence-electron chi connectivity index (χ2n) is 7.97. The van der Waals surface area contributed by atoms with E-state index in [2.05, 4.69) is 10.3 Å². The number of hydrogen-bond acceptors (Lipinski definition) is 5. The molecule has 0 unspecified atom stereocenters. The molecule has 1 fully saturated rings. The van der Waals surface area contributed by atoms with Gasteiger partial charge in [-0.25, -0.2) is 4.79 Å². The standard InChI is InChI=1S/C26H21ClN4O3S/c1-34-25(33)16-6-4-7-18(14-16)30-13-5-9-20(30)24-23(19-8-2-3-12-28-19)29-26(35)31(24)21-15-17(27)10-11-22(21)32/h2-15,23-24,32H,1H3,(H,29,35)/t23-,24-/m1/s1. The van der Waals surface area contributed by atoms with E-state index >= 15 is 0 Å². The van der Waals surface area contributed by atoms with Crippen molar-refractivity contribution < 1.29 is 14.6 Å². The van der Waals surface area contributed by atoms with Crippen molar-refractivity contribution >= 4 is 40.6 Å². The van der Waals surface area contributed by atoms with E-state index in [1.165, 1.54) is 7.11 Å². The van der Waals surface area contributed by atoms with Gasteiger partial charge in [-0.15, -0.1) is 0 Å². The lowest BCUT2D eigenvalue weighted by Gasteiger charge is -2.29. The predicted molar refractivity (Wildman–Crippen MR) is 138 cm³/mol. The van der Waals surface area contributed by atoms with Crippen LogP contribution in [0.15, 0.2) is 85.2 Å². The maximum Gasteiger partial charge on any atom is 0.337 e. The summed E-state index contributed by atoms with van der Waals surface area (Å²) in [7, 11) is 1.36. The van der Waals surface area contributed by atoms with Crippen molar-refractivity contribution in [3.05, 3.63) is 107 Å². The highest BCUT2D eigenvalue weighted by Gasteiger charge is 2.43. The zero-order chi connectivity index (χ0) is 24.5. The largest absolute Gasteiger partial charge is 0.506 e. The summed E-state index contributed by atoms with van der Waals surface area (Å²) in [4.78, 5) is 18.6. The second kappa shape index (κ2) is 9.40. The molecule has 2 N–H and O–H groups in total. The number of ether oxygens (including phenoxy) is 1. The Kier molecular flexibility index (Phi) is 6.15. The number of methoxy groups -OCH3 is 1. The zero-order valence-electron chi connectivity index (χ0n) is 18.6. The van der Waals surface area contributed by atoms with Gasteiger partial charge in [0.05, 0.1) is 30.1 Å². The molecule has 1 saturated heterocycles. The normalized spacial score (nSPS) is 17.3. The first kappa shape index (κ1) is 22.9. The molecule has 35 heavy (non-hydrogen) atoms. The summed E-state index contributed by atoms with van der Waals surface area (Å²) in [6.07, 6.45) is 3.65. The van der Waals surface area contributed by atoms with Gasteiger partial charge in [0.25, 0.3) is 0 Å². The van der Waals surface area contributed by atoms with Crippen molar-refractivity contribution in [2.45, 2.75) is 12.1 Å². The lowest BCUT2D eigenvalue weighted by atomic mass is 10.0. The number of carbonyl (C=O) groups is 1. The number of halogens is 1. The van der Waals surface area contributed by atoms with Gasteiger partial charge in [0.15, 0.2) is 5.11 Å². The van der Waals surface area contributed by atoms with Crippen LogP contribution in [0.2, 0.25) is 5.02 Å². The number of nitrogens with one attached hydrogen (secondary N) is 1. The van der Waals surface area contributed by atoms with Crippen molar-refractivity contribution in [3.63, 3.8) is 0 Å². The Hall–Kier alpha value is -3.88. The number of benzene rings is 2. The van der Waals surface area contributed by atoms with Crippen molar-refractivity contribution in [2.24, 2.45) is 0 Å². The minimum atomic E-state index is -0.416. The van der Waals surface area contributed by atoms with E-state index in [9.17, 15) is 9.90 Å². The summed E-state index contributed by atoms with van der Waals surface area (Å²) < 4.78 is 6.88. The van der Waals surface area contributed by atoms with E-state index in [0.29, 0.717) is 21.4 Å². The van der Waals surface area contributed by atoms with Gasteiger partial charge >= 0.3 is 5.97 Å². The number of anilines is 1. The molecule has 2 aromatic carbocycles. The maximum atomic E-state index is 12.1. The molecule has 5 rings (SSSR count). The lowest BCUT2D eigenvalue weighted by molar-refractivity contribution is 0.0600. The number of phenolic OH excluding ortho intramolecular Hbond substituents is 1. The highest BCUT2D eigenvalue weighted by atomic mass is 35.5. The van der Waals surface area contributed by atoms with E-state index in [1.807, 2.05) is 52.1 Å². The second-order valence-corrected chi connectivity index (χ2v) is 8.80. The third-order valence-electron chi connectivity index (χ3n) is 5.92. The van der Waals surface area contributed by atoms with E-state index in [0.717, 1.165) is 17.1 Å². The number of carbonyl (C=O) groups excluding carboxylic acids is 1. The fourth-order valence-corrected chi connectivity index (χ4v) is 4.88. The molecule has 2 aromatic heterocycles. The molecule has 0 amide bonds. The van der Waals surface area contributed by atoms with Gasteiger partial charge in [-0.1, -0.05) is 23.7 Å². The van der Waals surface area contributed by atoms with Gasteiger partial charge < -0.3 is 24.6 Å². The van der Waals surface area contributed by atoms with Crippen LogP contribution in [0.5, 0.6) is 5.75 Å². The Labute approximate surface area is 212 Å². The van der Waals surface area contributed by atoms with Gasteiger partial charge in [0.1, 0.15) is 11.8 Å². The van der Waals surface area contributed by atoms with Crippen LogP contribution in [0.25, 0.3) is 5.69 Å². The van der Waals surface area contributed by atoms with Gasteiger partial charge in [0.2, 0.25) is 0 Å². The molecule has 176 valence electrons.